The van der Waals surface area contributed by atoms with Crippen molar-refractivity contribution in [3.63, 3.8) is 0 Å². The summed E-state index contributed by atoms with van der Waals surface area (Å²) in [6.45, 7) is 5.15. The number of ether oxygens (including phenoxy) is 3. The summed E-state index contributed by atoms with van der Waals surface area (Å²) in [7, 11) is 4.57. The Kier molecular flexibility index (Phi) is 6.13. The lowest BCUT2D eigenvalue weighted by Gasteiger charge is -2.21. The molecular formula is C14H20BrNO4. The first-order valence-electron chi connectivity index (χ1n) is 6.33. The number of hydrogen-bond acceptors (Lipinski definition) is 4. The van der Waals surface area contributed by atoms with Crippen LogP contribution in [0.4, 0.5) is 0 Å². The Bertz CT molecular complexity index is 487. The van der Waals surface area contributed by atoms with Crippen LogP contribution in [-0.2, 0) is 0 Å². The molecule has 1 rings (SSSR count). The highest BCUT2D eigenvalue weighted by molar-refractivity contribution is 9.10. The minimum Gasteiger partial charge on any atom is -0.493 e. The minimum absolute atomic E-state index is 0.0823. The topological polar surface area (TPSA) is 48.0 Å². The lowest BCUT2D eigenvalue weighted by molar-refractivity contribution is 0.0771. The van der Waals surface area contributed by atoms with Gasteiger partial charge in [-0.15, -0.1) is 0 Å². The molecule has 0 atom stereocenters. The number of rotatable bonds is 6. The van der Waals surface area contributed by atoms with E-state index in [9.17, 15) is 4.79 Å². The standard InChI is InChI=1S/C14H20BrNO4/c1-6-16(7-2)14(17)9-8-10(18-3)12(19-4)13(20-5)11(9)15/h8H,6-7H2,1-5H3. The normalized spacial score (nSPS) is 10.1. The van der Waals surface area contributed by atoms with Crippen LogP contribution < -0.4 is 14.2 Å². The quantitative estimate of drug-likeness (QED) is 0.795. The third-order valence-electron chi connectivity index (χ3n) is 3.05. The highest BCUT2D eigenvalue weighted by atomic mass is 79.9. The molecule has 0 saturated heterocycles. The van der Waals surface area contributed by atoms with E-state index in [0.717, 1.165) is 0 Å². The first kappa shape index (κ1) is 16.6. The van der Waals surface area contributed by atoms with E-state index in [1.165, 1.54) is 21.3 Å². The summed E-state index contributed by atoms with van der Waals surface area (Å²) in [6, 6.07) is 1.66. The van der Waals surface area contributed by atoms with Gasteiger partial charge in [-0.25, -0.2) is 0 Å². The molecule has 6 heteroatoms. The number of carbonyl (C=O) groups excluding carboxylic acids is 1. The van der Waals surface area contributed by atoms with E-state index in [4.69, 9.17) is 14.2 Å². The molecule has 0 aromatic heterocycles. The molecule has 0 fully saturated rings. The number of hydrogen-bond donors (Lipinski definition) is 0. The lowest BCUT2D eigenvalue weighted by Crippen LogP contribution is -2.30. The van der Waals surface area contributed by atoms with E-state index in [-0.39, 0.29) is 5.91 Å². The Hall–Kier alpha value is -1.43. The molecule has 5 nitrogen and oxygen atoms in total. The lowest BCUT2D eigenvalue weighted by atomic mass is 10.1. The molecule has 112 valence electrons. The van der Waals surface area contributed by atoms with Gasteiger partial charge >= 0.3 is 0 Å². The van der Waals surface area contributed by atoms with Crippen LogP contribution in [0.25, 0.3) is 0 Å². The van der Waals surface area contributed by atoms with Crippen LogP contribution in [0.2, 0.25) is 0 Å². The fourth-order valence-electron chi connectivity index (χ4n) is 1.96. The van der Waals surface area contributed by atoms with Crippen LogP contribution in [0.5, 0.6) is 17.2 Å². The van der Waals surface area contributed by atoms with E-state index in [0.29, 0.717) is 40.4 Å². The molecule has 0 radical (unpaired) electrons. The molecular weight excluding hydrogens is 326 g/mol. The van der Waals surface area contributed by atoms with Crippen molar-refractivity contribution in [1.82, 2.24) is 4.90 Å². The van der Waals surface area contributed by atoms with Gasteiger partial charge in [0.2, 0.25) is 5.75 Å². The van der Waals surface area contributed by atoms with Crippen LogP contribution in [0.1, 0.15) is 24.2 Å². The van der Waals surface area contributed by atoms with Crippen LogP contribution >= 0.6 is 15.9 Å². The monoisotopic (exact) mass is 345 g/mol. The number of methoxy groups -OCH3 is 3. The van der Waals surface area contributed by atoms with Gasteiger partial charge in [0.25, 0.3) is 5.91 Å². The molecule has 0 aliphatic heterocycles. The largest absolute Gasteiger partial charge is 0.493 e. The van der Waals surface area contributed by atoms with E-state index in [2.05, 4.69) is 15.9 Å². The molecule has 0 heterocycles. The summed E-state index contributed by atoms with van der Waals surface area (Å²) in [4.78, 5) is 14.2. The summed E-state index contributed by atoms with van der Waals surface area (Å²) >= 11 is 3.42. The zero-order valence-electron chi connectivity index (χ0n) is 12.4. The summed E-state index contributed by atoms with van der Waals surface area (Å²) in [5.74, 6) is 1.28. The highest BCUT2D eigenvalue weighted by Gasteiger charge is 2.24. The van der Waals surface area contributed by atoms with Crippen molar-refractivity contribution >= 4 is 21.8 Å². The maximum atomic E-state index is 12.5. The third-order valence-corrected chi connectivity index (χ3v) is 3.84. The van der Waals surface area contributed by atoms with Gasteiger partial charge in [0.1, 0.15) is 0 Å². The molecule has 0 spiro atoms. The Morgan fingerprint density at radius 1 is 1.10 bits per heavy atom. The number of benzene rings is 1. The van der Waals surface area contributed by atoms with Crippen molar-refractivity contribution in [2.24, 2.45) is 0 Å². The van der Waals surface area contributed by atoms with Gasteiger partial charge < -0.3 is 19.1 Å². The van der Waals surface area contributed by atoms with Gasteiger partial charge in [-0.05, 0) is 35.8 Å². The molecule has 0 N–H and O–H groups in total. The van der Waals surface area contributed by atoms with E-state index in [1.807, 2.05) is 13.8 Å². The second kappa shape index (κ2) is 7.38. The molecule has 0 bridgehead atoms. The first-order chi connectivity index (χ1) is 9.55. The van der Waals surface area contributed by atoms with Gasteiger partial charge in [-0.3, -0.25) is 4.79 Å². The Balaban J connectivity index is 3.45. The molecule has 0 unspecified atom stereocenters. The van der Waals surface area contributed by atoms with Crippen molar-refractivity contribution in [2.75, 3.05) is 34.4 Å². The van der Waals surface area contributed by atoms with Gasteiger partial charge in [-0.1, -0.05) is 0 Å². The number of halogens is 1. The molecule has 0 saturated carbocycles. The second-order valence-corrected chi connectivity index (χ2v) is 4.78. The van der Waals surface area contributed by atoms with Crippen LogP contribution in [0.15, 0.2) is 10.5 Å². The van der Waals surface area contributed by atoms with Crippen molar-refractivity contribution in [3.8, 4) is 17.2 Å². The van der Waals surface area contributed by atoms with Gasteiger partial charge in [0.15, 0.2) is 11.5 Å². The Morgan fingerprint density at radius 2 is 1.65 bits per heavy atom. The van der Waals surface area contributed by atoms with E-state index < -0.39 is 0 Å². The molecule has 1 aromatic rings. The fraction of sp³-hybridized carbons (Fsp3) is 0.500. The summed E-state index contributed by atoms with van der Waals surface area (Å²) < 4.78 is 16.4. The van der Waals surface area contributed by atoms with E-state index in [1.54, 1.807) is 11.0 Å². The Morgan fingerprint density at radius 3 is 2.05 bits per heavy atom. The third kappa shape index (κ3) is 3.00. The predicted octanol–water partition coefficient (Wildman–Crippen LogP) is 2.96. The zero-order valence-corrected chi connectivity index (χ0v) is 14.0. The average molecular weight is 346 g/mol. The maximum Gasteiger partial charge on any atom is 0.255 e. The van der Waals surface area contributed by atoms with Crippen molar-refractivity contribution in [2.45, 2.75) is 13.8 Å². The second-order valence-electron chi connectivity index (χ2n) is 3.98. The van der Waals surface area contributed by atoms with Crippen molar-refractivity contribution < 1.29 is 19.0 Å². The smallest absolute Gasteiger partial charge is 0.255 e. The predicted molar refractivity (Wildman–Crippen MR) is 81.0 cm³/mol. The SMILES string of the molecule is CCN(CC)C(=O)c1cc(OC)c(OC)c(OC)c1Br. The number of carbonyl (C=O) groups is 1. The Labute approximate surface area is 127 Å². The molecule has 0 aliphatic carbocycles. The van der Waals surface area contributed by atoms with Crippen molar-refractivity contribution in [3.05, 3.63) is 16.1 Å². The van der Waals surface area contributed by atoms with Crippen LogP contribution in [-0.4, -0.2) is 45.2 Å². The van der Waals surface area contributed by atoms with Gasteiger partial charge in [0, 0.05) is 13.1 Å². The number of amides is 1. The van der Waals surface area contributed by atoms with Gasteiger partial charge in [-0.2, -0.15) is 0 Å². The molecule has 1 amide bonds. The summed E-state index contributed by atoms with van der Waals surface area (Å²) in [5.41, 5.74) is 0.489. The van der Waals surface area contributed by atoms with Crippen LogP contribution in [0, 0.1) is 0 Å². The zero-order chi connectivity index (χ0) is 15.3. The number of nitrogens with zero attached hydrogens (tertiary/aromatic N) is 1. The van der Waals surface area contributed by atoms with Gasteiger partial charge in [0.05, 0.1) is 31.4 Å². The minimum atomic E-state index is -0.0823. The highest BCUT2D eigenvalue weighted by Crippen LogP contribution is 2.44. The maximum absolute atomic E-state index is 12.5. The first-order valence-corrected chi connectivity index (χ1v) is 7.12. The van der Waals surface area contributed by atoms with Crippen LogP contribution in [0.3, 0.4) is 0 Å². The fourth-order valence-corrected chi connectivity index (χ4v) is 2.58. The summed E-state index contributed by atoms with van der Waals surface area (Å²) in [6.07, 6.45) is 0. The van der Waals surface area contributed by atoms with Crippen molar-refractivity contribution in [1.29, 1.82) is 0 Å². The summed E-state index contributed by atoms with van der Waals surface area (Å²) in [5, 5.41) is 0. The molecule has 1 aromatic carbocycles. The molecule has 0 aliphatic rings. The van der Waals surface area contributed by atoms with E-state index >= 15 is 0 Å². The molecule has 20 heavy (non-hydrogen) atoms. The average Bonchev–Trinajstić information content (AvgIpc) is 2.47.